The van der Waals surface area contributed by atoms with E-state index in [1.54, 1.807) is 0 Å². The minimum atomic E-state index is 0.862. The van der Waals surface area contributed by atoms with Gasteiger partial charge in [-0.3, -0.25) is 4.98 Å². The van der Waals surface area contributed by atoms with Gasteiger partial charge >= 0.3 is 0 Å². The van der Waals surface area contributed by atoms with Crippen molar-refractivity contribution in [3.8, 4) is 11.4 Å². The molecule has 0 unspecified atom stereocenters. The molecule has 0 aliphatic heterocycles. The normalized spacial score (nSPS) is 11.0. The number of rotatable bonds is 1. The number of aromatic nitrogens is 2. The van der Waals surface area contributed by atoms with Crippen molar-refractivity contribution < 1.29 is 0 Å². The van der Waals surface area contributed by atoms with Gasteiger partial charge in [-0.2, -0.15) is 0 Å². The van der Waals surface area contributed by atoms with E-state index in [-0.39, 0.29) is 0 Å². The van der Waals surface area contributed by atoms with Gasteiger partial charge in [0.2, 0.25) is 0 Å². The van der Waals surface area contributed by atoms with Crippen LogP contribution in [0.4, 0.5) is 0 Å². The third-order valence-corrected chi connectivity index (χ3v) is 3.47. The molecule has 20 heavy (non-hydrogen) atoms. The van der Waals surface area contributed by atoms with E-state index in [1.165, 1.54) is 5.39 Å². The smallest absolute Gasteiger partial charge is 0.0979 e. The van der Waals surface area contributed by atoms with E-state index in [4.69, 9.17) is 0 Å². The minimum Gasteiger partial charge on any atom is -0.254 e. The Labute approximate surface area is 116 Å². The summed E-state index contributed by atoms with van der Waals surface area (Å²) in [5.74, 6) is 0. The van der Waals surface area contributed by atoms with E-state index in [1.807, 2.05) is 42.6 Å². The summed E-state index contributed by atoms with van der Waals surface area (Å²) in [7, 11) is 0. The van der Waals surface area contributed by atoms with Gasteiger partial charge in [0.25, 0.3) is 0 Å². The highest BCUT2D eigenvalue weighted by Crippen LogP contribution is 2.26. The number of nitrogens with zero attached hydrogens (tertiary/aromatic N) is 2. The SMILES string of the molecule is [c]1nc(-c2nccc3ccccc23)cc2ccccc12. The first kappa shape index (κ1) is 11.1. The zero-order chi connectivity index (χ0) is 13.4. The lowest BCUT2D eigenvalue weighted by Crippen LogP contribution is -1.89. The van der Waals surface area contributed by atoms with Crippen molar-refractivity contribution in [2.75, 3.05) is 0 Å². The van der Waals surface area contributed by atoms with E-state index in [2.05, 4.69) is 40.4 Å². The first-order valence-corrected chi connectivity index (χ1v) is 6.53. The van der Waals surface area contributed by atoms with Gasteiger partial charge in [0, 0.05) is 17.0 Å². The summed E-state index contributed by atoms with van der Waals surface area (Å²) >= 11 is 0. The summed E-state index contributed by atoms with van der Waals surface area (Å²) in [5, 5.41) is 4.45. The van der Waals surface area contributed by atoms with Crippen LogP contribution in [-0.2, 0) is 0 Å². The fourth-order valence-corrected chi connectivity index (χ4v) is 2.47. The molecule has 0 bridgehead atoms. The Morgan fingerprint density at radius 3 is 2.55 bits per heavy atom. The molecule has 2 nitrogen and oxygen atoms in total. The van der Waals surface area contributed by atoms with E-state index >= 15 is 0 Å². The lowest BCUT2D eigenvalue weighted by molar-refractivity contribution is 1.27. The third kappa shape index (κ3) is 1.74. The zero-order valence-corrected chi connectivity index (χ0v) is 10.7. The summed E-state index contributed by atoms with van der Waals surface area (Å²) in [6.07, 6.45) is 4.92. The van der Waals surface area contributed by atoms with Crippen LogP contribution in [0.3, 0.4) is 0 Å². The van der Waals surface area contributed by atoms with Crippen molar-refractivity contribution >= 4 is 21.5 Å². The molecule has 0 fully saturated rings. The van der Waals surface area contributed by atoms with Crippen molar-refractivity contribution in [3.63, 3.8) is 0 Å². The molecular formula is C18H11N2. The second-order valence-electron chi connectivity index (χ2n) is 4.72. The average molecular weight is 255 g/mol. The van der Waals surface area contributed by atoms with E-state index in [0.29, 0.717) is 0 Å². The van der Waals surface area contributed by atoms with Crippen LogP contribution >= 0.6 is 0 Å². The Morgan fingerprint density at radius 1 is 0.800 bits per heavy atom. The lowest BCUT2D eigenvalue weighted by atomic mass is 10.1. The van der Waals surface area contributed by atoms with Crippen LogP contribution in [0.1, 0.15) is 0 Å². The summed E-state index contributed by atoms with van der Waals surface area (Å²) in [4.78, 5) is 8.94. The lowest BCUT2D eigenvalue weighted by Gasteiger charge is -2.05. The fraction of sp³-hybridized carbons (Fsp3) is 0. The Bertz CT molecular complexity index is 908. The summed E-state index contributed by atoms with van der Waals surface area (Å²) in [6, 6.07) is 20.4. The second-order valence-corrected chi connectivity index (χ2v) is 4.72. The number of benzene rings is 2. The highest BCUT2D eigenvalue weighted by molar-refractivity contribution is 5.95. The van der Waals surface area contributed by atoms with E-state index in [0.717, 1.165) is 27.5 Å². The van der Waals surface area contributed by atoms with Gasteiger partial charge < -0.3 is 0 Å². The minimum absolute atomic E-state index is 0.862. The fourth-order valence-electron chi connectivity index (χ4n) is 2.47. The van der Waals surface area contributed by atoms with Gasteiger partial charge in [0.15, 0.2) is 0 Å². The highest BCUT2D eigenvalue weighted by atomic mass is 14.8. The molecule has 0 N–H and O–H groups in total. The molecule has 0 saturated heterocycles. The van der Waals surface area contributed by atoms with Crippen LogP contribution in [0.25, 0.3) is 32.9 Å². The molecule has 4 aromatic rings. The van der Waals surface area contributed by atoms with Gasteiger partial charge in [0.1, 0.15) is 0 Å². The predicted octanol–water partition coefficient (Wildman–Crippen LogP) is 4.25. The maximum absolute atomic E-state index is 4.50. The number of pyridine rings is 2. The first-order chi connectivity index (χ1) is 9.92. The Balaban J connectivity index is 2.01. The molecule has 0 saturated carbocycles. The zero-order valence-electron chi connectivity index (χ0n) is 10.7. The molecule has 2 aromatic heterocycles. The molecule has 0 aliphatic rings. The standard InChI is InChI=1S/C18H11N2/c1-2-7-15-12-20-17(11-14(15)6-1)18-16-8-4-3-5-13(16)9-10-19-18/h1-11H. The van der Waals surface area contributed by atoms with E-state index < -0.39 is 0 Å². The van der Waals surface area contributed by atoms with Crippen LogP contribution in [-0.4, -0.2) is 9.97 Å². The van der Waals surface area contributed by atoms with Gasteiger partial charge in [-0.1, -0.05) is 48.5 Å². The molecule has 2 aromatic carbocycles. The molecule has 2 heterocycles. The Morgan fingerprint density at radius 2 is 1.60 bits per heavy atom. The van der Waals surface area contributed by atoms with Gasteiger partial charge in [-0.25, -0.2) is 4.98 Å². The van der Waals surface area contributed by atoms with Crippen LogP contribution < -0.4 is 0 Å². The largest absolute Gasteiger partial charge is 0.254 e. The second kappa shape index (κ2) is 4.42. The third-order valence-electron chi connectivity index (χ3n) is 3.47. The van der Waals surface area contributed by atoms with Crippen molar-refractivity contribution in [1.82, 2.24) is 9.97 Å². The summed E-state index contributed by atoms with van der Waals surface area (Å²) in [6.45, 7) is 0. The van der Waals surface area contributed by atoms with Crippen LogP contribution in [0, 0.1) is 6.20 Å². The van der Waals surface area contributed by atoms with Gasteiger partial charge in [0.05, 0.1) is 17.6 Å². The topological polar surface area (TPSA) is 25.8 Å². The Kier molecular flexibility index (Phi) is 2.46. The van der Waals surface area contributed by atoms with Crippen LogP contribution in [0.2, 0.25) is 0 Å². The average Bonchev–Trinajstić information content (AvgIpc) is 2.54. The maximum Gasteiger partial charge on any atom is 0.0979 e. The molecule has 1 radical (unpaired) electrons. The molecule has 0 spiro atoms. The van der Waals surface area contributed by atoms with Crippen LogP contribution in [0.15, 0.2) is 66.9 Å². The van der Waals surface area contributed by atoms with Crippen molar-refractivity contribution in [3.05, 3.63) is 73.1 Å². The maximum atomic E-state index is 4.50. The predicted molar refractivity (Wildman–Crippen MR) is 81.3 cm³/mol. The highest BCUT2D eigenvalue weighted by Gasteiger charge is 2.07. The van der Waals surface area contributed by atoms with Gasteiger partial charge in [-0.05, 0) is 22.9 Å². The van der Waals surface area contributed by atoms with Crippen molar-refractivity contribution in [1.29, 1.82) is 0 Å². The number of hydrogen-bond acceptors (Lipinski definition) is 2. The monoisotopic (exact) mass is 255 g/mol. The molecular weight excluding hydrogens is 244 g/mol. The molecule has 0 atom stereocenters. The van der Waals surface area contributed by atoms with Crippen molar-refractivity contribution in [2.24, 2.45) is 0 Å². The molecule has 0 aliphatic carbocycles. The molecule has 2 heteroatoms. The Hall–Kier alpha value is -2.74. The van der Waals surface area contributed by atoms with Gasteiger partial charge in [-0.15, -0.1) is 0 Å². The number of hydrogen-bond donors (Lipinski definition) is 0. The first-order valence-electron chi connectivity index (χ1n) is 6.53. The summed E-state index contributed by atoms with van der Waals surface area (Å²) < 4.78 is 0. The van der Waals surface area contributed by atoms with Crippen LogP contribution in [0.5, 0.6) is 0 Å². The molecule has 93 valence electrons. The molecule has 0 amide bonds. The van der Waals surface area contributed by atoms with E-state index in [9.17, 15) is 0 Å². The summed E-state index contributed by atoms with van der Waals surface area (Å²) in [5.41, 5.74) is 1.77. The van der Waals surface area contributed by atoms with Crippen molar-refractivity contribution in [2.45, 2.75) is 0 Å². The quantitative estimate of drug-likeness (QED) is 0.508. The molecule has 4 rings (SSSR count). The number of fused-ring (bicyclic) bond motifs is 2.